The fourth-order valence-electron chi connectivity index (χ4n) is 2.04. The zero-order chi connectivity index (χ0) is 12.4. The molecule has 0 aliphatic carbocycles. The minimum Gasteiger partial charge on any atom is -0.289 e. The Morgan fingerprint density at radius 2 is 1.76 bits per heavy atom. The van der Waals surface area contributed by atoms with Crippen molar-refractivity contribution in [2.75, 3.05) is 0 Å². The first kappa shape index (κ1) is 11.6. The summed E-state index contributed by atoms with van der Waals surface area (Å²) in [4.78, 5) is 12.2. The molecule has 0 atom stereocenters. The quantitative estimate of drug-likeness (QED) is 0.549. The second-order valence-corrected chi connectivity index (χ2v) is 4.56. The van der Waals surface area contributed by atoms with E-state index in [0.717, 1.165) is 27.5 Å². The Hall–Kier alpha value is -1.89. The third-order valence-electron chi connectivity index (χ3n) is 2.80. The van der Waals surface area contributed by atoms with Crippen LogP contribution in [0.25, 0.3) is 10.8 Å². The molecule has 0 bridgehead atoms. The molecule has 0 amide bonds. The van der Waals surface area contributed by atoms with Crippen molar-refractivity contribution in [2.45, 2.75) is 20.8 Å². The number of aryl methyl sites for hydroxylation is 1. The fraction of sp³-hybridized carbons (Fsp3) is 0.188. The first-order valence-electron chi connectivity index (χ1n) is 5.77. The van der Waals surface area contributed by atoms with E-state index in [9.17, 15) is 4.79 Å². The first-order chi connectivity index (χ1) is 8.09. The second-order valence-electron chi connectivity index (χ2n) is 4.56. The lowest BCUT2D eigenvalue weighted by Crippen LogP contribution is -2.00. The molecule has 2 rings (SSSR count). The van der Waals surface area contributed by atoms with Gasteiger partial charge in [-0.25, -0.2) is 0 Å². The number of hydrogen-bond acceptors (Lipinski definition) is 1. The van der Waals surface area contributed by atoms with E-state index in [1.165, 1.54) is 0 Å². The van der Waals surface area contributed by atoms with Gasteiger partial charge < -0.3 is 0 Å². The molecule has 17 heavy (non-hydrogen) atoms. The smallest absolute Gasteiger partial charge is 0.186 e. The zero-order valence-corrected chi connectivity index (χ0v) is 10.4. The number of carbonyl (C=O) groups excluding carboxylic acids is 1. The van der Waals surface area contributed by atoms with Crippen molar-refractivity contribution >= 4 is 16.6 Å². The number of benzene rings is 2. The average Bonchev–Trinajstić information content (AvgIpc) is 2.27. The van der Waals surface area contributed by atoms with E-state index in [1.54, 1.807) is 6.08 Å². The maximum atomic E-state index is 12.2. The maximum Gasteiger partial charge on any atom is 0.186 e. The van der Waals surface area contributed by atoms with Crippen LogP contribution in [0.2, 0.25) is 0 Å². The van der Waals surface area contributed by atoms with E-state index < -0.39 is 0 Å². The molecule has 0 spiro atoms. The number of fused-ring (bicyclic) bond motifs is 1. The molecular formula is C16H16O. The average molecular weight is 224 g/mol. The lowest BCUT2D eigenvalue weighted by molar-refractivity contribution is 0.104. The molecule has 0 saturated carbocycles. The molecule has 2 aromatic rings. The third-order valence-corrected chi connectivity index (χ3v) is 2.80. The summed E-state index contributed by atoms with van der Waals surface area (Å²) < 4.78 is 0. The van der Waals surface area contributed by atoms with Gasteiger partial charge in [-0.05, 0) is 43.2 Å². The van der Waals surface area contributed by atoms with Crippen molar-refractivity contribution < 1.29 is 4.79 Å². The van der Waals surface area contributed by atoms with Crippen molar-refractivity contribution in [3.05, 3.63) is 59.2 Å². The van der Waals surface area contributed by atoms with E-state index in [0.29, 0.717) is 0 Å². The standard InChI is InChI=1S/C16H16O/c1-11(2)10-15(17)16-12(3)8-9-13-6-4-5-7-14(13)16/h4-10H,1-3H3. The number of allylic oxidation sites excluding steroid dienone is 2. The van der Waals surface area contributed by atoms with Gasteiger partial charge in [0.15, 0.2) is 5.78 Å². The topological polar surface area (TPSA) is 17.1 Å². The molecule has 2 aromatic carbocycles. The van der Waals surface area contributed by atoms with Gasteiger partial charge in [0.1, 0.15) is 0 Å². The summed E-state index contributed by atoms with van der Waals surface area (Å²) in [5, 5.41) is 2.15. The van der Waals surface area contributed by atoms with Crippen LogP contribution >= 0.6 is 0 Å². The van der Waals surface area contributed by atoms with Gasteiger partial charge >= 0.3 is 0 Å². The molecule has 86 valence electrons. The summed E-state index contributed by atoms with van der Waals surface area (Å²) in [6.07, 6.45) is 1.70. The largest absolute Gasteiger partial charge is 0.289 e. The molecule has 0 radical (unpaired) electrons. The summed E-state index contributed by atoms with van der Waals surface area (Å²) in [5.41, 5.74) is 2.89. The van der Waals surface area contributed by atoms with Crippen LogP contribution < -0.4 is 0 Å². The predicted molar refractivity (Wildman–Crippen MR) is 72.4 cm³/mol. The van der Waals surface area contributed by atoms with Crippen LogP contribution in [0.4, 0.5) is 0 Å². The SMILES string of the molecule is CC(C)=CC(=O)c1c(C)ccc2ccccc12. The van der Waals surface area contributed by atoms with Crippen molar-refractivity contribution in [3.8, 4) is 0 Å². The molecule has 0 aromatic heterocycles. The highest BCUT2D eigenvalue weighted by Gasteiger charge is 2.10. The van der Waals surface area contributed by atoms with Gasteiger partial charge in [-0.3, -0.25) is 4.79 Å². The van der Waals surface area contributed by atoms with E-state index in [4.69, 9.17) is 0 Å². The molecule has 0 aliphatic heterocycles. The monoisotopic (exact) mass is 224 g/mol. The highest BCUT2D eigenvalue weighted by atomic mass is 16.1. The Bertz CT molecular complexity index is 602. The molecule has 1 heteroatoms. The minimum absolute atomic E-state index is 0.0966. The molecule has 0 aliphatic rings. The summed E-state index contributed by atoms with van der Waals surface area (Å²) >= 11 is 0. The van der Waals surface area contributed by atoms with E-state index in [-0.39, 0.29) is 5.78 Å². The molecule has 0 saturated heterocycles. The number of ketones is 1. The second kappa shape index (κ2) is 4.54. The van der Waals surface area contributed by atoms with Crippen LogP contribution in [0.15, 0.2) is 48.0 Å². The van der Waals surface area contributed by atoms with Crippen LogP contribution in [0.5, 0.6) is 0 Å². The normalized spacial score (nSPS) is 10.3. The van der Waals surface area contributed by atoms with Crippen molar-refractivity contribution in [3.63, 3.8) is 0 Å². The number of carbonyl (C=O) groups is 1. The van der Waals surface area contributed by atoms with Crippen LogP contribution in [0.3, 0.4) is 0 Å². The summed E-state index contributed by atoms with van der Waals surface area (Å²) in [5.74, 6) is 0.0966. The van der Waals surface area contributed by atoms with Gasteiger partial charge in [0.05, 0.1) is 0 Å². The van der Waals surface area contributed by atoms with Crippen LogP contribution in [0, 0.1) is 6.92 Å². The molecule has 0 unspecified atom stereocenters. The Morgan fingerprint density at radius 1 is 1.06 bits per heavy atom. The van der Waals surface area contributed by atoms with Gasteiger partial charge in [0, 0.05) is 5.56 Å². The predicted octanol–water partition coefficient (Wildman–Crippen LogP) is 4.30. The highest BCUT2D eigenvalue weighted by molar-refractivity contribution is 6.14. The Kier molecular flexibility index (Phi) is 3.10. The third kappa shape index (κ3) is 2.28. The number of hydrogen-bond donors (Lipinski definition) is 0. The van der Waals surface area contributed by atoms with Crippen molar-refractivity contribution in [1.29, 1.82) is 0 Å². The number of rotatable bonds is 2. The Labute approximate surface area is 102 Å². The lowest BCUT2D eigenvalue weighted by Gasteiger charge is -2.07. The summed E-state index contributed by atoms with van der Waals surface area (Å²) in [7, 11) is 0. The van der Waals surface area contributed by atoms with E-state index in [2.05, 4.69) is 6.07 Å². The lowest BCUT2D eigenvalue weighted by atomic mass is 9.96. The van der Waals surface area contributed by atoms with Crippen LogP contribution in [-0.2, 0) is 0 Å². The summed E-state index contributed by atoms with van der Waals surface area (Å²) in [6, 6.07) is 12.1. The van der Waals surface area contributed by atoms with Gasteiger partial charge in [-0.15, -0.1) is 0 Å². The zero-order valence-electron chi connectivity index (χ0n) is 10.4. The van der Waals surface area contributed by atoms with Gasteiger partial charge in [0.25, 0.3) is 0 Å². The minimum atomic E-state index is 0.0966. The van der Waals surface area contributed by atoms with E-state index >= 15 is 0 Å². The van der Waals surface area contributed by atoms with Crippen molar-refractivity contribution in [1.82, 2.24) is 0 Å². The Morgan fingerprint density at radius 3 is 2.47 bits per heavy atom. The Balaban J connectivity index is 2.71. The van der Waals surface area contributed by atoms with Gasteiger partial charge in [-0.1, -0.05) is 42.0 Å². The van der Waals surface area contributed by atoms with Crippen LogP contribution in [0.1, 0.15) is 29.8 Å². The summed E-state index contributed by atoms with van der Waals surface area (Å²) in [6.45, 7) is 5.87. The fourth-order valence-corrected chi connectivity index (χ4v) is 2.04. The van der Waals surface area contributed by atoms with Gasteiger partial charge in [-0.2, -0.15) is 0 Å². The van der Waals surface area contributed by atoms with E-state index in [1.807, 2.05) is 51.1 Å². The first-order valence-corrected chi connectivity index (χ1v) is 5.77. The molecular weight excluding hydrogens is 208 g/mol. The van der Waals surface area contributed by atoms with Crippen molar-refractivity contribution in [2.24, 2.45) is 0 Å². The molecule has 0 N–H and O–H groups in total. The maximum absolute atomic E-state index is 12.2. The molecule has 1 nitrogen and oxygen atoms in total. The van der Waals surface area contributed by atoms with Crippen LogP contribution in [-0.4, -0.2) is 5.78 Å². The van der Waals surface area contributed by atoms with Gasteiger partial charge in [0.2, 0.25) is 0 Å². The highest BCUT2D eigenvalue weighted by Crippen LogP contribution is 2.23. The molecule has 0 heterocycles. The molecule has 0 fully saturated rings.